The summed E-state index contributed by atoms with van der Waals surface area (Å²) < 4.78 is 14.5. The molecule has 0 bridgehead atoms. The minimum absolute atomic E-state index is 0.205. The molecule has 0 aliphatic carbocycles. The van der Waals surface area contributed by atoms with Crippen molar-refractivity contribution in [3.63, 3.8) is 0 Å². The Bertz CT molecular complexity index is 939. The zero-order valence-electron chi connectivity index (χ0n) is 19.6. The first kappa shape index (κ1) is 22.7. The summed E-state index contributed by atoms with van der Waals surface area (Å²) in [5.74, 6) is 1.26. The van der Waals surface area contributed by atoms with E-state index in [2.05, 4.69) is 34.0 Å². The van der Waals surface area contributed by atoms with Crippen molar-refractivity contribution in [3.8, 4) is 0 Å². The van der Waals surface area contributed by atoms with Crippen LogP contribution in [-0.4, -0.2) is 68.0 Å². The van der Waals surface area contributed by atoms with Crippen LogP contribution in [0, 0.1) is 11.2 Å². The van der Waals surface area contributed by atoms with Crippen LogP contribution >= 0.6 is 0 Å². The number of hydrogen-bond acceptors (Lipinski definition) is 4. The van der Waals surface area contributed by atoms with E-state index >= 15 is 0 Å². The molecule has 2 saturated heterocycles. The third kappa shape index (κ3) is 4.80. The average Bonchev–Trinajstić information content (AvgIpc) is 2.82. The largest absolute Gasteiger partial charge is 0.363 e. The Morgan fingerprint density at radius 3 is 2.66 bits per heavy atom. The maximum absolute atomic E-state index is 14.5. The summed E-state index contributed by atoms with van der Waals surface area (Å²) in [6.07, 6.45) is 5.96. The molecule has 1 amide bonds. The first-order valence-electron chi connectivity index (χ1n) is 11.7. The van der Waals surface area contributed by atoms with Crippen LogP contribution in [0.5, 0.6) is 0 Å². The van der Waals surface area contributed by atoms with Crippen LogP contribution in [0.4, 0.5) is 10.2 Å². The molecular formula is C26H35FN4O. The lowest BCUT2D eigenvalue weighted by molar-refractivity contribution is -0.146. The first-order valence-corrected chi connectivity index (χ1v) is 11.7. The number of benzene rings is 1. The van der Waals surface area contributed by atoms with Crippen LogP contribution in [0.15, 0.2) is 42.6 Å². The van der Waals surface area contributed by atoms with Crippen LogP contribution < -0.4 is 4.90 Å². The number of piperidine rings is 2. The number of rotatable bonds is 5. The molecule has 0 spiro atoms. The fourth-order valence-corrected chi connectivity index (χ4v) is 5.22. The Labute approximate surface area is 191 Å². The van der Waals surface area contributed by atoms with E-state index in [1.807, 2.05) is 37.3 Å². The standard InChI is InChI=1S/C26H35FN4O/c1-29(2)24-17-20(10-13-28-24)22-8-6-14-31(19-22)25(32)26(11-15-30(3)16-12-26)18-21-7-4-5-9-23(21)27/h4-5,7,9-10,13,17,22H,6,8,11-12,14-16,18-19H2,1-3H3/t22-/m0/s1. The molecule has 1 aromatic carbocycles. The van der Waals surface area contributed by atoms with Gasteiger partial charge in [-0.3, -0.25) is 4.79 Å². The predicted molar refractivity (Wildman–Crippen MR) is 126 cm³/mol. The normalized spacial score (nSPS) is 21.4. The van der Waals surface area contributed by atoms with E-state index in [9.17, 15) is 9.18 Å². The number of nitrogens with zero attached hydrogens (tertiary/aromatic N) is 4. The van der Waals surface area contributed by atoms with Gasteiger partial charge in [0.1, 0.15) is 11.6 Å². The van der Waals surface area contributed by atoms with Crippen molar-refractivity contribution in [3.05, 3.63) is 59.5 Å². The molecule has 5 nitrogen and oxygen atoms in total. The highest BCUT2D eigenvalue weighted by Crippen LogP contribution is 2.39. The number of carbonyl (C=O) groups excluding carboxylic acids is 1. The number of anilines is 1. The Kier molecular flexibility index (Phi) is 6.79. The van der Waals surface area contributed by atoms with Crippen molar-refractivity contribution >= 4 is 11.7 Å². The van der Waals surface area contributed by atoms with E-state index in [1.165, 1.54) is 11.6 Å². The van der Waals surface area contributed by atoms with Gasteiger partial charge in [-0.15, -0.1) is 0 Å². The molecule has 0 N–H and O–H groups in total. The summed E-state index contributed by atoms with van der Waals surface area (Å²) in [6, 6.07) is 11.1. The zero-order valence-corrected chi connectivity index (χ0v) is 19.6. The summed E-state index contributed by atoms with van der Waals surface area (Å²) >= 11 is 0. The lowest BCUT2D eigenvalue weighted by Gasteiger charge is -2.44. The van der Waals surface area contributed by atoms with Crippen LogP contribution in [0.3, 0.4) is 0 Å². The average molecular weight is 439 g/mol. The predicted octanol–water partition coefficient (Wildman–Crippen LogP) is 3.95. The highest BCUT2D eigenvalue weighted by atomic mass is 19.1. The van der Waals surface area contributed by atoms with Crippen molar-refractivity contribution in [2.75, 3.05) is 52.2 Å². The van der Waals surface area contributed by atoms with E-state index < -0.39 is 5.41 Å². The molecule has 2 aromatic rings. The summed E-state index contributed by atoms with van der Waals surface area (Å²) in [4.78, 5) is 24.8. The highest BCUT2D eigenvalue weighted by molar-refractivity contribution is 5.83. The molecule has 4 rings (SSSR count). The Morgan fingerprint density at radius 1 is 1.19 bits per heavy atom. The van der Waals surface area contributed by atoms with Gasteiger partial charge < -0.3 is 14.7 Å². The smallest absolute Gasteiger partial charge is 0.229 e. The highest BCUT2D eigenvalue weighted by Gasteiger charge is 2.44. The minimum atomic E-state index is -0.524. The molecule has 1 atom stereocenters. The SMILES string of the molecule is CN1CCC(Cc2ccccc2F)(C(=O)N2CCC[C@H](c3ccnc(N(C)C)c3)C2)CC1. The van der Waals surface area contributed by atoms with Gasteiger partial charge in [0.25, 0.3) is 0 Å². The molecule has 1 aromatic heterocycles. The van der Waals surface area contributed by atoms with E-state index in [4.69, 9.17) is 0 Å². The Hall–Kier alpha value is -2.47. The molecule has 32 heavy (non-hydrogen) atoms. The van der Waals surface area contributed by atoms with Gasteiger partial charge >= 0.3 is 0 Å². The molecule has 6 heteroatoms. The summed E-state index contributed by atoms with van der Waals surface area (Å²) in [6.45, 7) is 3.25. The summed E-state index contributed by atoms with van der Waals surface area (Å²) in [7, 11) is 6.09. The Balaban J connectivity index is 1.56. The molecule has 0 saturated carbocycles. The van der Waals surface area contributed by atoms with Crippen LogP contribution in [-0.2, 0) is 11.2 Å². The van der Waals surface area contributed by atoms with Gasteiger partial charge in [0.15, 0.2) is 0 Å². The van der Waals surface area contributed by atoms with Crippen LogP contribution in [0.2, 0.25) is 0 Å². The van der Waals surface area contributed by atoms with Crippen LogP contribution in [0.25, 0.3) is 0 Å². The fraction of sp³-hybridized carbons (Fsp3) is 0.538. The van der Waals surface area contributed by atoms with Crippen LogP contribution in [0.1, 0.15) is 42.7 Å². The number of halogens is 1. The number of aromatic nitrogens is 1. The molecule has 2 aliphatic rings. The lowest BCUT2D eigenvalue weighted by Crippen LogP contribution is -2.52. The lowest BCUT2D eigenvalue weighted by atomic mass is 9.72. The van der Waals surface area contributed by atoms with Gasteiger partial charge in [0.05, 0.1) is 5.41 Å². The quantitative estimate of drug-likeness (QED) is 0.709. The second-order valence-corrected chi connectivity index (χ2v) is 9.78. The van der Waals surface area contributed by atoms with Crippen molar-refractivity contribution in [1.29, 1.82) is 0 Å². The van der Waals surface area contributed by atoms with Gasteiger partial charge in [-0.25, -0.2) is 9.37 Å². The minimum Gasteiger partial charge on any atom is -0.363 e. The third-order valence-electron chi connectivity index (χ3n) is 7.29. The number of hydrogen-bond donors (Lipinski definition) is 0. The molecule has 172 valence electrons. The van der Waals surface area contributed by atoms with Crippen molar-refractivity contribution in [1.82, 2.24) is 14.8 Å². The fourth-order valence-electron chi connectivity index (χ4n) is 5.22. The third-order valence-corrected chi connectivity index (χ3v) is 7.29. The second kappa shape index (κ2) is 9.57. The van der Waals surface area contributed by atoms with Crippen molar-refractivity contribution < 1.29 is 9.18 Å². The van der Waals surface area contributed by atoms with Crippen molar-refractivity contribution in [2.24, 2.45) is 5.41 Å². The number of likely N-dealkylation sites (tertiary alicyclic amines) is 2. The first-order chi connectivity index (χ1) is 15.4. The molecule has 0 unspecified atom stereocenters. The molecule has 0 radical (unpaired) electrons. The molecule has 3 heterocycles. The number of amides is 1. The molecule has 2 aliphatic heterocycles. The summed E-state index contributed by atoms with van der Waals surface area (Å²) in [5.41, 5.74) is 1.38. The van der Waals surface area contributed by atoms with Gasteiger partial charge in [-0.05, 0) is 81.6 Å². The number of carbonyl (C=O) groups is 1. The maximum Gasteiger partial charge on any atom is 0.229 e. The Morgan fingerprint density at radius 2 is 1.94 bits per heavy atom. The molecular weight excluding hydrogens is 403 g/mol. The molecule has 2 fully saturated rings. The van der Waals surface area contributed by atoms with E-state index in [1.54, 1.807) is 6.07 Å². The second-order valence-electron chi connectivity index (χ2n) is 9.78. The topological polar surface area (TPSA) is 39.7 Å². The van der Waals surface area contributed by atoms with E-state index in [0.717, 1.165) is 57.7 Å². The zero-order chi connectivity index (χ0) is 22.7. The van der Waals surface area contributed by atoms with Gasteiger partial charge in [0, 0.05) is 39.3 Å². The van der Waals surface area contributed by atoms with Crippen molar-refractivity contribution in [2.45, 2.75) is 38.0 Å². The van der Waals surface area contributed by atoms with Gasteiger partial charge in [-0.2, -0.15) is 0 Å². The van der Waals surface area contributed by atoms with Gasteiger partial charge in [0.2, 0.25) is 5.91 Å². The number of pyridine rings is 1. The summed E-state index contributed by atoms with van der Waals surface area (Å²) in [5, 5.41) is 0. The van der Waals surface area contributed by atoms with Gasteiger partial charge in [-0.1, -0.05) is 18.2 Å². The van der Waals surface area contributed by atoms with E-state index in [-0.39, 0.29) is 11.7 Å². The monoisotopic (exact) mass is 438 g/mol. The van der Waals surface area contributed by atoms with E-state index in [0.29, 0.717) is 17.9 Å². The maximum atomic E-state index is 14.5.